The van der Waals surface area contributed by atoms with Crippen molar-refractivity contribution >= 4 is 0 Å². The van der Waals surface area contributed by atoms with Crippen LogP contribution in [0.3, 0.4) is 0 Å². The van der Waals surface area contributed by atoms with Crippen molar-refractivity contribution in [1.29, 1.82) is 0 Å². The van der Waals surface area contributed by atoms with E-state index in [2.05, 4.69) is 11.8 Å². The molecule has 1 saturated heterocycles. The Bertz CT molecular complexity index is 182. The molecule has 1 aliphatic heterocycles. The fourth-order valence-corrected chi connectivity index (χ4v) is 3.71. The van der Waals surface area contributed by atoms with E-state index in [0.29, 0.717) is 0 Å². The summed E-state index contributed by atoms with van der Waals surface area (Å²) in [6.45, 7) is 3.77. The molecule has 1 heterocycles. The Morgan fingerprint density at radius 3 is 2.12 bits per heavy atom. The van der Waals surface area contributed by atoms with Crippen LogP contribution in [-0.2, 0) is 0 Å². The largest absolute Gasteiger partial charge is 0.297 e. The minimum absolute atomic E-state index is 0.915. The first-order valence-corrected chi connectivity index (χ1v) is 7.67. The van der Waals surface area contributed by atoms with Crippen molar-refractivity contribution < 1.29 is 0 Å². The Balaban J connectivity index is 1.90. The van der Waals surface area contributed by atoms with Gasteiger partial charge in [0, 0.05) is 12.1 Å². The molecule has 0 radical (unpaired) electrons. The minimum atomic E-state index is 0.915. The Labute approximate surface area is 102 Å². The molecule has 94 valence electrons. The van der Waals surface area contributed by atoms with Crippen LogP contribution in [0, 0.1) is 0 Å². The maximum absolute atomic E-state index is 2.88. The molecule has 0 spiro atoms. The Morgan fingerprint density at radius 1 is 0.812 bits per heavy atom. The van der Waals surface area contributed by atoms with Gasteiger partial charge in [-0.25, -0.2) is 0 Å². The predicted molar refractivity (Wildman–Crippen MR) is 70.7 cm³/mol. The van der Waals surface area contributed by atoms with Crippen molar-refractivity contribution in [2.24, 2.45) is 0 Å². The number of hydrogen-bond acceptors (Lipinski definition) is 1. The van der Waals surface area contributed by atoms with Crippen molar-refractivity contribution in [2.45, 2.75) is 89.6 Å². The molecular formula is C15H29N. The first-order chi connectivity index (χ1) is 7.92. The highest BCUT2D eigenvalue weighted by molar-refractivity contribution is 4.83. The lowest BCUT2D eigenvalue weighted by atomic mass is 9.91. The fraction of sp³-hybridized carbons (Fsp3) is 1.00. The molecule has 2 rings (SSSR count). The van der Waals surface area contributed by atoms with Crippen LogP contribution in [0.2, 0.25) is 0 Å². The van der Waals surface area contributed by atoms with Gasteiger partial charge in [-0.2, -0.15) is 0 Å². The standard InChI is InChI=1S/C15H29N/c1-2-14-10-8-9-13-16(14)15-11-6-4-3-5-7-12-15/h14-15H,2-13H2,1H3. The number of rotatable bonds is 2. The van der Waals surface area contributed by atoms with E-state index >= 15 is 0 Å². The van der Waals surface area contributed by atoms with Crippen LogP contribution in [-0.4, -0.2) is 23.5 Å². The Morgan fingerprint density at radius 2 is 1.44 bits per heavy atom. The van der Waals surface area contributed by atoms with Crippen LogP contribution in [0.15, 0.2) is 0 Å². The van der Waals surface area contributed by atoms with Gasteiger partial charge in [-0.3, -0.25) is 4.90 Å². The van der Waals surface area contributed by atoms with Crippen LogP contribution >= 0.6 is 0 Å². The lowest BCUT2D eigenvalue weighted by Crippen LogP contribution is -2.46. The number of nitrogens with zero attached hydrogens (tertiary/aromatic N) is 1. The molecule has 0 amide bonds. The molecule has 0 aromatic carbocycles. The summed E-state index contributed by atoms with van der Waals surface area (Å²) in [4.78, 5) is 2.88. The average molecular weight is 223 g/mol. The Hall–Kier alpha value is -0.0400. The van der Waals surface area contributed by atoms with Crippen LogP contribution < -0.4 is 0 Å². The first-order valence-electron chi connectivity index (χ1n) is 7.67. The van der Waals surface area contributed by atoms with E-state index < -0.39 is 0 Å². The SMILES string of the molecule is CCC1CCCCN1C1CCCCCCC1. The zero-order chi connectivity index (χ0) is 11.2. The van der Waals surface area contributed by atoms with Gasteiger partial charge in [0.15, 0.2) is 0 Å². The summed E-state index contributed by atoms with van der Waals surface area (Å²) in [6, 6.07) is 1.85. The molecule has 1 aliphatic carbocycles. The van der Waals surface area contributed by atoms with E-state index in [1.165, 1.54) is 77.2 Å². The summed E-state index contributed by atoms with van der Waals surface area (Å²) < 4.78 is 0. The van der Waals surface area contributed by atoms with E-state index in [-0.39, 0.29) is 0 Å². The monoisotopic (exact) mass is 223 g/mol. The maximum Gasteiger partial charge on any atom is 0.00981 e. The van der Waals surface area contributed by atoms with Crippen molar-refractivity contribution in [3.8, 4) is 0 Å². The van der Waals surface area contributed by atoms with Crippen molar-refractivity contribution in [3.05, 3.63) is 0 Å². The highest BCUT2D eigenvalue weighted by Gasteiger charge is 2.27. The van der Waals surface area contributed by atoms with Gasteiger partial charge in [-0.1, -0.05) is 45.4 Å². The summed E-state index contributed by atoms with van der Waals surface area (Å²) >= 11 is 0. The lowest BCUT2D eigenvalue weighted by Gasteiger charge is -2.41. The van der Waals surface area contributed by atoms with Crippen LogP contribution in [0.5, 0.6) is 0 Å². The molecule has 1 heteroatoms. The summed E-state index contributed by atoms with van der Waals surface area (Å²) in [5, 5.41) is 0. The van der Waals surface area contributed by atoms with Gasteiger partial charge in [0.25, 0.3) is 0 Å². The average Bonchev–Trinajstić information content (AvgIpc) is 2.29. The van der Waals surface area contributed by atoms with E-state index in [9.17, 15) is 0 Å². The smallest absolute Gasteiger partial charge is 0.00981 e. The molecule has 0 N–H and O–H groups in total. The molecule has 16 heavy (non-hydrogen) atoms. The second-order valence-electron chi connectivity index (χ2n) is 5.79. The van der Waals surface area contributed by atoms with Crippen LogP contribution in [0.25, 0.3) is 0 Å². The summed E-state index contributed by atoms with van der Waals surface area (Å²) in [5.41, 5.74) is 0. The van der Waals surface area contributed by atoms with Gasteiger partial charge in [0.1, 0.15) is 0 Å². The topological polar surface area (TPSA) is 3.24 Å². The number of piperidine rings is 1. The number of hydrogen-bond donors (Lipinski definition) is 0. The molecule has 1 nitrogen and oxygen atoms in total. The molecule has 1 saturated carbocycles. The summed E-state index contributed by atoms with van der Waals surface area (Å²) in [6.07, 6.45) is 16.2. The molecule has 0 aromatic heterocycles. The van der Waals surface area contributed by atoms with Gasteiger partial charge >= 0.3 is 0 Å². The Kier molecular flexibility index (Phi) is 5.15. The molecule has 1 unspecified atom stereocenters. The van der Waals surface area contributed by atoms with Crippen LogP contribution in [0.1, 0.15) is 77.6 Å². The molecular weight excluding hydrogens is 194 g/mol. The van der Waals surface area contributed by atoms with E-state index in [1.807, 2.05) is 0 Å². The third kappa shape index (κ3) is 3.23. The second-order valence-corrected chi connectivity index (χ2v) is 5.79. The predicted octanol–water partition coefficient (Wildman–Crippen LogP) is 4.36. The quantitative estimate of drug-likeness (QED) is 0.672. The third-order valence-corrected chi connectivity index (χ3v) is 4.69. The molecule has 2 fully saturated rings. The minimum Gasteiger partial charge on any atom is -0.297 e. The highest BCUT2D eigenvalue weighted by Crippen LogP contribution is 2.28. The summed E-state index contributed by atoms with van der Waals surface area (Å²) in [5.74, 6) is 0. The van der Waals surface area contributed by atoms with Gasteiger partial charge in [-0.15, -0.1) is 0 Å². The van der Waals surface area contributed by atoms with Gasteiger partial charge in [0.2, 0.25) is 0 Å². The first kappa shape index (κ1) is 12.4. The van der Waals surface area contributed by atoms with Gasteiger partial charge < -0.3 is 0 Å². The number of likely N-dealkylation sites (tertiary alicyclic amines) is 1. The van der Waals surface area contributed by atoms with E-state index in [4.69, 9.17) is 0 Å². The van der Waals surface area contributed by atoms with E-state index in [0.717, 1.165) is 12.1 Å². The normalized spacial score (nSPS) is 30.9. The molecule has 2 aliphatic rings. The zero-order valence-corrected chi connectivity index (χ0v) is 11.1. The maximum atomic E-state index is 2.88. The van der Waals surface area contributed by atoms with Gasteiger partial charge in [0.05, 0.1) is 0 Å². The third-order valence-electron chi connectivity index (χ3n) is 4.69. The van der Waals surface area contributed by atoms with Crippen molar-refractivity contribution in [2.75, 3.05) is 6.54 Å². The molecule has 0 aromatic rings. The molecule has 0 bridgehead atoms. The fourth-order valence-electron chi connectivity index (χ4n) is 3.71. The van der Waals surface area contributed by atoms with Crippen molar-refractivity contribution in [3.63, 3.8) is 0 Å². The van der Waals surface area contributed by atoms with Crippen LogP contribution in [0.4, 0.5) is 0 Å². The molecule has 1 atom stereocenters. The lowest BCUT2D eigenvalue weighted by molar-refractivity contribution is 0.0762. The highest BCUT2D eigenvalue weighted by atomic mass is 15.2. The summed E-state index contributed by atoms with van der Waals surface area (Å²) in [7, 11) is 0. The van der Waals surface area contributed by atoms with Crippen molar-refractivity contribution in [1.82, 2.24) is 4.90 Å². The second kappa shape index (κ2) is 6.64. The zero-order valence-electron chi connectivity index (χ0n) is 11.1. The van der Waals surface area contributed by atoms with E-state index in [1.54, 1.807) is 0 Å². The van der Waals surface area contributed by atoms with Gasteiger partial charge in [-0.05, 0) is 38.6 Å².